The van der Waals surface area contributed by atoms with Crippen LogP contribution in [0.3, 0.4) is 0 Å². The van der Waals surface area contributed by atoms with E-state index in [0.717, 1.165) is 0 Å². The summed E-state index contributed by atoms with van der Waals surface area (Å²) < 4.78 is 50.5. The van der Waals surface area contributed by atoms with E-state index in [1.54, 1.807) is 50.4 Å². The molecule has 4 heterocycles. The molecule has 6 aromatic rings. The first-order valence-corrected chi connectivity index (χ1v) is 36.1. The van der Waals surface area contributed by atoms with Crippen molar-refractivity contribution in [3.63, 3.8) is 0 Å². The van der Waals surface area contributed by atoms with Crippen molar-refractivity contribution in [3.8, 4) is 5.75 Å². The van der Waals surface area contributed by atoms with E-state index in [2.05, 4.69) is 62.8 Å². The lowest BCUT2D eigenvalue weighted by molar-refractivity contribution is -0.146. The zero-order chi connectivity index (χ0) is 73.0. The number of unbranched alkanes of at least 4 members (excludes halogenated alkanes) is 1. The molecule has 0 spiro atoms. The molecule has 102 heavy (non-hydrogen) atoms. The number of aromatic amines is 2. The summed E-state index contributed by atoms with van der Waals surface area (Å²) in [5, 5.41) is 35.4. The van der Waals surface area contributed by atoms with E-state index in [1.807, 2.05) is 6.07 Å². The van der Waals surface area contributed by atoms with Crippen LogP contribution in [-0.2, 0) is 85.1 Å². The number of allylic oxidation sites excluding steroid dienone is 1. The third kappa shape index (κ3) is 21.0. The number of H-pyrrole nitrogens is 2. The van der Waals surface area contributed by atoms with Crippen molar-refractivity contribution in [1.29, 1.82) is 0 Å². The van der Waals surface area contributed by atoms with Crippen molar-refractivity contribution in [2.24, 2.45) is 0 Å². The number of imidazole rings is 1. The Morgan fingerprint density at radius 1 is 0.696 bits per heavy atom. The highest BCUT2D eigenvalue weighted by Gasteiger charge is 2.48. The molecule has 544 valence electrons. The molecule has 1 saturated heterocycles. The van der Waals surface area contributed by atoms with Crippen LogP contribution in [0.1, 0.15) is 104 Å². The Bertz CT molecular complexity index is 4050. The monoisotopic (exact) mass is 1450 g/mol. The van der Waals surface area contributed by atoms with Gasteiger partial charge in [-0.1, -0.05) is 30.3 Å². The van der Waals surface area contributed by atoms with Crippen molar-refractivity contribution in [2.75, 3.05) is 45.3 Å². The van der Waals surface area contributed by atoms with Gasteiger partial charge >= 0.3 is 5.97 Å². The molecule has 12 N–H and O–H groups in total. The second kappa shape index (κ2) is 36.3. The lowest BCUT2D eigenvalue weighted by Crippen LogP contribution is -2.62. The largest absolute Gasteiger partial charge is 0.497 e. The number of carbonyl (C=O) groups is 10. The Balaban J connectivity index is 1.05. The van der Waals surface area contributed by atoms with Gasteiger partial charge in [0.1, 0.15) is 76.9 Å². The first-order valence-electron chi connectivity index (χ1n) is 33.8. The number of methoxy groups -OCH3 is 1. The molecule has 0 unspecified atom stereocenters. The van der Waals surface area contributed by atoms with Gasteiger partial charge in [0.05, 0.1) is 13.5 Å². The number of carboxylic acid groups (broad SMARTS) is 1. The van der Waals surface area contributed by atoms with E-state index in [4.69, 9.17) is 4.74 Å². The van der Waals surface area contributed by atoms with Gasteiger partial charge in [0.25, 0.3) is 0 Å². The summed E-state index contributed by atoms with van der Waals surface area (Å²) >= 11 is 2.83. The van der Waals surface area contributed by atoms with E-state index in [0.29, 0.717) is 99.9 Å². The molecule has 8 atom stereocenters. The van der Waals surface area contributed by atoms with Gasteiger partial charge in [-0.2, -0.15) is 23.5 Å². The second-order valence-corrected chi connectivity index (χ2v) is 27.9. The smallest absolute Gasteiger partial charge is 0.305 e. The number of halogens is 3. The van der Waals surface area contributed by atoms with E-state index >= 15 is 28.0 Å². The summed E-state index contributed by atoms with van der Waals surface area (Å²) in [7, 11) is 3.25. The number of fused-ring (bicyclic) bond motifs is 5. The third-order valence-electron chi connectivity index (χ3n) is 18.2. The number of ether oxygens (including phenoxy) is 1. The fraction of sp³-hybridized carbons (Fsp3) is 0.431. The van der Waals surface area contributed by atoms with Crippen LogP contribution in [0.2, 0.25) is 0 Å². The minimum atomic E-state index is -2.01. The summed E-state index contributed by atoms with van der Waals surface area (Å²) in [6.07, 6.45) is 5.95. The van der Waals surface area contributed by atoms with Gasteiger partial charge in [0.15, 0.2) is 0 Å². The van der Waals surface area contributed by atoms with Crippen LogP contribution in [0.25, 0.3) is 16.5 Å². The first-order chi connectivity index (χ1) is 49.0. The number of rotatable bonds is 16. The summed E-state index contributed by atoms with van der Waals surface area (Å²) in [4.78, 5) is 156. The molecule has 4 aromatic carbocycles. The Kier molecular flexibility index (Phi) is 27.2. The average molecular weight is 1450 g/mol. The minimum absolute atomic E-state index is 0.0210. The number of amides is 9. The summed E-state index contributed by atoms with van der Waals surface area (Å²) in [6, 6.07) is 8.40. The fourth-order valence-corrected chi connectivity index (χ4v) is 14.4. The van der Waals surface area contributed by atoms with E-state index in [9.17, 15) is 38.3 Å². The minimum Gasteiger partial charge on any atom is -0.497 e. The molecule has 25 nitrogen and oxygen atoms in total. The fourth-order valence-electron chi connectivity index (χ4n) is 12.7. The normalized spacial score (nSPS) is 23.0. The number of hydrogen-bond donors (Lipinski definition) is 12. The van der Waals surface area contributed by atoms with E-state index < -0.39 is 137 Å². The number of nitrogens with zero attached hydrogens (tertiary/aromatic N) is 2. The zero-order valence-electron chi connectivity index (χ0n) is 57.1. The maximum atomic E-state index is 15.2. The molecular formula is C72H86F3N13O12S2. The van der Waals surface area contributed by atoms with Gasteiger partial charge in [-0.25, -0.2) is 18.2 Å². The quantitative estimate of drug-likeness (QED) is 0.0583. The van der Waals surface area contributed by atoms with Crippen LogP contribution in [0, 0.1) is 17.5 Å². The molecular weight excluding hydrogens is 1360 g/mol. The number of carbonyl (C=O) groups excluding carboxylic acids is 9. The highest BCUT2D eigenvalue weighted by atomic mass is 32.2. The Labute approximate surface area is 596 Å². The number of nitrogens with one attached hydrogen (secondary N) is 11. The van der Waals surface area contributed by atoms with Gasteiger partial charge in [0.2, 0.25) is 53.2 Å². The van der Waals surface area contributed by atoms with Crippen molar-refractivity contribution in [2.45, 2.75) is 150 Å². The first kappa shape index (κ1) is 76.5. The third-order valence-corrected chi connectivity index (χ3v) is 20.2. The number of hydrogen-bond acceptors (Lipinski definition) is 15. The number of benzene rings is 4. The second-order valence-electron chi connectivity index (χ2n) is 25.7. The molecule has 1 fully saturated rings. The standard InChI is InChI=1S/C72H86F3N13O12S2/c1-41-64(92)83-56(32-46-12-11-45-13-14-48(73)34-52(45)46)66(94)84-57(33-47-38-80-54-18-15-49(74)35-53(47)54)67(95)86-59(37-63(90)91)69(97)85-58(36-61-77-22-23-78-61)68(96)87-60(31-42-9-16-51(100-4)17-10-42)70(98)88-25-7-20-72(88,2)71(99)79-24-27-102-40-44-28-43(29-50(75)30-44)39-101-26-19-62(89)82-55(65(93)81-41)8-5-6-21-76-3/h9-10,12-18,22-23,28-30,34-35,38,41,55-60,76,80H,5-8,11,19-21,24-27,31-33,36-37,39-40H2,1-4H3,(H,77,78)(H,79,99)(H,81,93)(H,82,89)(H,83,92)(H,84,94)(H,85,97)(H,86,95)(H,87,96)(H,90,91)/t41-,55+,56+,57+,58+,59+,60+,72+/m1/s1. The van der Waals surface area contributed by atoms with E-state index in [1.165, 1.54) is 104 Å². The van der Waals surface area contributed by atoms with Crippen molar-refractivity contribution < 1.29 is 71.0 Å². The van der Waals surface area contributed by atoms with Crippen LogP contribution >= 0.6 is 23.5 Å². The molecule has 2 bridgehead atoms. The molecule has 30 heteroatoms. The van der Waals surface area contributed by atoms with Crippen LogP contribution in [0.15, 0.2) is 104 Å². The van der Waals surface area contributed by atoms with Crippen LogP contribution in [0.5, 0.6) is 5.75 Å². The van der Waals surface area contributed by atoms with Gasteiger partial charge in [-0.15, -0.1) is 0 Å². The van der Waals surface area contributed by atoms with Crippen LogP contribution < -0.4 is 52.6 Å². The van der Waals surface area contributed by atoms with Crippen molar-refractivity contribution in [3.05, 3.63) is 160 Å². The summed E-state index contributed by atoms with van der Waals surface area (Å²) in [6.45, 7) is 3.91. The molecule has 2 aliphatic heterocycles. The van der Waals surface area contributed by atoms with Gasteiger partial charge < -0.3 is 72.6 Å². The molecule has 9 rings (SSSR count). The predicted molar refractivity (Wildman–Crippen MR) is 379 cm³/mol. The zero-order valence-corrected chi connectivity index (χ0v) is 58.7. The maximum Gasteiger partial charge on any atom is 0.305 e. The number of aromatic nitrogens is 3. The molecule has 2 aromatic heterocycles. The Morgan fingerprint density at radius 2 is 1.34 bits per heavy atom. The van der Waals surface area contributed by atoms with Crippen LogP contribution in [0.4, 0.5) is 13.2 Å². The maximum absolute atomic E-state index is 15.2. The summed E-state index contributed by atoms with van der Waals surface area (Å²) in [5.74, 6) is -8.69. The molecule has 3 aliphatic rings. The molecule has 0 radical (unpaired) electrons. The highest BCUT2D eigenvalue weighted by Crippen LogP contribution is 2.33. The number of thioether (sulfide) groups is 2. The topological polar surface area (TPSA) is 356 Å². The van der Waals surface area contributed by atoms with Crippen LogP contribution in [-0.4, -0.2) is 177 Å². The average Bonchev–Trinajstić information content (AvgIpc) is 1.62. The number of aliphatic carboxylic acids is 1. The van der Waals surface area contributed by atoms with Crippen molar-refractivity contribution >= 4 is 99.1 Å². The van der Waals surface area contributed by atoms with Gasteiger partial charge in [-0.3, -0.25) is 47.9 Å². The van der Waals surface area contributed by atoms with E-state index in [-0.39, 0.29) is 68.4 Å². The SMILES string of the molecule is CNCCCC[C@@H]1NC(=O)CCSCc2cc(F)cc(c2)CSCCNC(=O)[C@]2(C)CCCN2C(=O)[C@H](Cc2ccc(OC)cc2)NC(=O)[C@H](Cc2ncc[nH]2)NC(=O)[C@H](CC(=O)O)NC(=O)[C@H](Cc2c[nH]c3ccc(F)cc23)NC(=O)[C@H](CC2=CCc3ccc(F)cc32)NC(=O)[C@@H](C)NC1=O. The molecule has 1 aliphatic carbocycles. The molecule has 0 saturated carbocycles. The predicted octanol–water partition coefficient (Wildman–Crippen LogP) is 4.72. The molecule has 9 amide bonds. The lowest BCUT2D eigenvalue weighted by atomic mass is 9.95. The highest BCUT2D eigenvalue weighted by molar-refractivity contribution is 7.98. The Morgan fingerprint density at radius 3 is 2.04 bits per heavy atom. The van der Waals surface area contributed by atoms with Gasteiger partial charge in [-0.05, 0) is 160 Å². The summed E-state index contributed by atoms with van der Waals surface area (Å²) in [5.41, 5.74) is 2.78. The Hall–Kier alpha value is -9.68. The van der Waals surface area contributed by atoms with Gasteiger partial charge in [0, 0.05) is 97.7 Å². The van der Waals surface area contributed by atoms with Crippen molar-refractivity contribution in [1.82, 2.24) is 67.7 Å². The lowest BCUT2D eigenvalue weighted by Gasteiger charge is -2.36. The number of carboxylic acids is 1.